The summed E-state index contributed by atoms with van der Waals surface area (Å²) in [5.41, 5.74) is 1.20. The van der Waals surface area contributed by atoms with Gasteiger partial charge in [0.05, 0.1) is 6.04 Å². The monoisotopic (exact) mass is 255 g/mol. The number of hydrogen-bond donors (Lipinski definition) is 1. The zero-order valence-electron chi connectivity index (χ0n) is 11.8. The van der Waals surface area contributed by atoms with E-state index in [0.29, 0.717) is 6.04 Å². The molecule has 100 valence electrons. The molecule has 19 heavy (non-hydrogen) atoms. The number of Topliss-reactive ketones (excluding diaryl/α,β-unsaturated/α-hetero) is 1. The van der Waals surface area contributed by atoms with Crippen LogP contribution in [0, 0.1) is 0 Å². The van der Waals surface area contributed by atoms with E-state index in [1.807, 2.05) is 12.1 Å². The fourth-order valence-electron chi connectivity index (χ4n) is 2.32. The fourth-order valence-corrected chi connectivity index (χ4v) is 2.32. The van der Waals surface area contributed by atoms with Crippen molar-refractivity contribution >= 4 is 16.6 Å². The number of benzene rings is 2. The van der Waals surface area contributed by atoms with Gasteiger partial charge in [-0.15, -0.1) is 0 Å². The lowest BCUT2D eigenvalue weighted by molar-refractivity contribution is -0.119. The van der Waals surface area contributed by atoms with Crippen LogP contribution in [0.2, 0.25) is 0 Å². The molecule has 0 aromatic heterocycles. The van der Waals surface area contributed by atoms with Crippen molar-refractivity contribution in [3.63, 3.8) is 0 Å². The maximum atomic E-state index is 11.7. The lowest BCUT2D eigenvalue weighted by Gasteiger charge is -2.19. The SMILES string of the molecule is CC(=O)[C@H](Cc1ccc2ccccc2c1)NC(C)C. The van der Waals surface area contributed by atoms with Crippen LogP contribution in [-0.4, -0.2) is 17.9 Å². The lowest BCUT2D eigenvalue weighted by atomic mass is 9.99. The molecule has 0 fully saturated rings. The summed E-state index contributed by atoms with van der Waals surface area (Å²) in [6.07, 6.45) is 0.748. The van der Waals surface area contributed by atoms with Crippen LogP contribution in [0.25, 0.3) is 10.8 Å². The molecule has 1 N–H and O–H groups in total. The Morgan fingerprint density at radius 2 is 1.79 bits per heavy atom. The Balaban J connectivity index is 2.21. The third-order valence-corrected chi connectivity index (χ3v) is 3.28. The summed E-state index contributed by atoms with van der Waals surface area (Å²) >= 11 is 0. The Bertz CT molecular complexity index is 574. The van der Waals surface area contributed by atoms with Gasteiger partial charge in [0, 0.05) is 6.04 Å². The maximum Gasteiger partial charge on any atom is 0.147 e. The first-order valence-corrected chi connectivity index (χ1v) is 6.80. The number of carbonyl (C=O) groups is 1. The van der Waals surface area contributed by atoms with Crippen molar-refractivity contribution in [2.75, 3.05) is 0 Å². The molecule has 0 amide bonds. The average molecular weight is 255 g/mol. The van der Waals surface area contributed by atoms with Crippen molar-refractivity contribution in [2.45, 2.75) is 39.3 Å². The third kappa shape index (κ3) is 3.65. The van der Waals surface area contributed by atoms with Crippen LogP contribution < -0.4 is 5.32 Å². The number of ketones is 1. The van der Waals surface area contributed by atoms with E-state index in [1.54, 1.807) is 6.92 Å². The molecule has 2 rings (SSSR count). The van der Waals surface area contributed by atoms with E-state index in [0.717, 1.165) is 6.42 Å². The van der Waals surface area contributed by atoms with Crippen molar-refractivity contribution in [3.05, 3.63) is 48.0 Å². The van der Waals surface area contributed by atoms with Gasteiger partial charge in [-0.05, 0) is 29.7 Å². The van der Waals surface area contributed by atoms with Crippen LogP contribution >= 0.6 is 0 Å². The molecule has 2 aromatic carbocycles. The average Bonchev–Trinajstić information content (AvgIpc) is 2.37. The molecule has 2 nitrogen and oxygen atoms in total. The minimum atomic E-state index is -0.0961. The van der Waals surface area contributed by atoms with Gasteiger partial charge >= 0.3 is 0 Å². The topological polar surface area (TPSA) is 29.1 Å². The zero-order valence-corrected chi connectivity index (χ0v) is 11.8. The van der Waals surface area contributed by atoms with E-state index in [1.165, 1.54) is 16.3 Å². The number of nitrogens with one attached hydrogen (secondary N) is 1. The van der Waals surface area contributed by atoms with Crippen LogP contribution in [0.15, 0.2) is 42.5 Å². The quantitative estimate of drug-likeness (QED) is 0.888. The second kappa shape index (κ2) is 5.98. The van der Waals surface area contributed by atoms with Crippen molar-refractivity contribution in [1.82, 2.24) is 5.32 Å². The van der Waals surface area contributed by atoms with Gasteiger partial charge in [-0.1, -0.05) is 56.3 Å². The second-order valence-corrected chi connectivity index (χ2v) is 5.37. The lowest BCUT2D eigenvalue weighted by Crippen LogP contribution is -2.41. The molecule has 0 bridgehead atoms. The highest BCUT2D eigenvalue weighted by Gasteiger charge is 2.15. The van der Waals surface area contributed by atoms with Gasteiger partial charge in [0.25, 0.3) is 0 Å². The number of rotatable bonds is 5. The summed E-state index contributed by atoms with van der Waals surface area (Å²) in [6, 6.07) is 14.9. The Morgan fingerprint density at radius 1 is 1.11 bits per heavy atom. The molecular weight excluding hydrogens is 234 g/mol. The van der Waals surface area contributed by atoms with Crippen LogP contribution in [-0.2, 0) is 11.2 Å². The van der Waals surface area contributed by atoms with Gasteiger partial charge in [-0.3, -0.25) is 4.79 Å². The van der Waals surface area contributed by atoms with Crippen molar-refractivity contribution in [3.8, 4) is 0 Å². The largest absolute Gasteiger partial charge is 0.305 e. The standard InChI is InChI=1S/C17H21NO/c1-12(2)18-17(13(3)19)11-14-8-9-15-6-4-5-7-16(15)10-14/h4-10,12,17-18H,11H2,1-3H3/t17-/m0/s1. The minimum Gasteiger partial charge on any atom is -0.305 e. The fraction of sp³-hybridized carbons (Fsp3) is 0.353. The summed E-state index contributed by atoms with van der Waals surface area (Å²) in [7, 11) is 0. The Morgan fingerprint density at radius 3 is 2.42 bits per heavy atom. The molecular formula is C17H21NO. The van der Waals surface area contributed by atoms with E-state index in [2.05, 4.69) is 49.5 Å². The predicted octanol–water partition coefficient (Wildman–Crippen LogP) is 3.34. The molecule has 2 heteroatoms. The van der Waals surface area contributed by atoms with Gasteiger partial charge in [-0.25, -0.2) is 0 Å². The van der Waals surface area contributed by atoms with E-state index >= 15 is 0 Å². The van der Waals surface area contributed by atoms with Crippen molar-refractivity contribution in [1.29, 1.82) is 0 Å². The smallest absolute Gasteiger partial charge is 0.147 e. The first kappa shape index (κ1) is 13.8. The van der Waals surface area contributed by atoms with E-state index in [4.69, 9.17) is 0 Å². The Kier molecular flexibility index (Phi) is 4.33. The molecule has 0 spiro atoms. The highest BCUT2D eigenvalue weighted by Crippen LogP contribution is 2.17. The number of carbonyl (C=O) groups excluding carboxylic acids is 1. The molecule has 0 saturated carbocycles. The van der Waals surface area contributed by atoms with Crippen LogP contribution in [0.1, 0.15) is 26.3 Å². The van der Waals surface area contributed by atoms with E-state index in [-0.39, 0.29) is 11.8 Å². The summed E-state index contributed by atoms with van der Waals surface area (Å²) < 4.78 is 0. The van der Waals surface area contributed by atoms with Crippen molar-refractivity contribution in [2.24, 2.45) is 0 Å². The Hall–Kier alpha value is -1.67. The Labute approximate surface area is 114 Å². The summed E-state index contributed by atoms with van der Waals surface area (Å²) in [5, 5.41) is 5.79. The molecule has 0 heterocycles. The second-order valence-electron chi connectivity index (χ2n) is 5.37. The molecule has 0 radical (unpaired) electrons. The molecule has 0 unspecified atom stereocenters. The van der Waals surface area contributed by atoms with Crippen molar-refractivity contribution < 1.29 is 4.79 Å². The van der Waals surface area contributed by atoms with Crippen LogP contribution in [0.4, 0.5) is 0 Å². The molecule has 0 aliphatic rings. The van der Waals surface area contributed by atoms with E-state index < -0.39 is 0 Å². The molecule has 2 aromatic rings. The van der Waals surface area contributed by atoms with Gasteiger partial charge < -0.3 is 5.32 Å². The van der Waals surface area contributed by atoms with E-state index in [9.17, 15) is 4.79 Å². The third-order valence-electron chi connectivity index (χ3n) is 3.28. The molecule has 0 aliphatic heterocycles. The summed E-state index contributed by atoms with van der Waals surface area (Å²) in [6.45, 7) is 5.79. The summed E-state index contributed by atoms with van der Waals surface area (Å²) in [4.78, 5) is 11.7. The maximum absolute atomic E-state index is 11.7. The van der Waals surface area contributed by atoms with Gasteiger partial charge in [0.1, 0.15) is 5.78 Å². The number of fused-ring (bicyclic) bond motifs is 1. The van der Waals surface area contributed by atoms with Gasteiger partial charge in [0.15, 0.2) is 0 Å². The highest BCUT2D eigenvalue weighted by molar-refractivity contribution is 5.84. The van der Waals surface area contributed by atoms with Gasteiger partial charge in [-0.2, -0.15) is 0 Å². The normalized spacial score (nSPS) is 12.8. The van der Waals surface area contributed by atoms with Gasteiger partial charge in [0.2, 0.25) is 0 Å². The first-order valence-electron chi connectivity index (χ1n) is 6.80. The van der Waals surface area contributed by atoms with Crippen LogP contribution in [0.3, 0.4) is 0 Å². The predicted molar refractivity (Wildman–Crippen MR) is 80.4 cm³/mol. The minimum absolute atomic E-state index is 0.0961. The first-order chi connectivity index (χ1) is 9.06. The highest BCUT2D eigenvalue weighted by atomic mass is 16.1. The number of hydrogen-bond acceptors (Lipinski definition) is 2. The summed E-state index contributed by atoms with van der Waals surface area (Å²) in [5.74, 6) is 0.196. The molecule has 1 atom stereocenters. The molecule has 0 aliphatic carbocycles. The zero-order chi connectivity index (χ0) is 13.8. The molecule has 0 saturated heterocycles. The van der Waals surface area contributed by atoms with Crippen LogP contribution in [0.5, 0.6) is 0 Å².